The molecule has 0 aliphatic rings. The van der Waals surface area contributed by atoms with E-state index in [0.29, 0.717) is 0 Å². The zero-order chi connectivity index (χ0) is 9.71. The van der Waals surface area contributed by atoms with Crippen LogP contribution >= 0.6 is 11.3 Å². The van der Waals surface area contributed by atoms with E-state index >= 15 is 0 Å². The summed E-state index contributed by atoms with van der Waals surface area (Å²) in [6.45, 7) is 1.99. The first-order valence-corrected chi connectivity index (χ1v) is 5.12. The number of thiazole rings is 1. The molecule has 14 heavy (non-hydrogen) atoms. The van der Waals surface area contributed by atoms with Crippen molar-refractivity contribution in [3.63, 3.8) is 0 Å². The quantitative estimate of drug-likeness (QED) is 0.437. The minimum atomic E-state index is 0.846. The van der Waals surface area contributed by atoms with E-state index in [9.17, 15) is 0 Å². The fourth-order valence-electron chi connectivity index (χ4n) is 1.55. The molecule has 0 atom stereocenters. The van der Waals surface area contributed by atoms with Crippen LogP contribution in [0.25, 0.3) is 16.1 Å². The predicted octanol–water partition coefficient (Wildman–Crippen LogP) is 0.859. The van der Waals surface area contributed by atoms with Crippen molar-refractivity contribution in [2.45, 2.75) is 6.92 Å². The van der Waals surface area contributed by atoms with Crippen LogP contribution in [0.1, 0.15) is 5.01 Å². The number of rotatable bonds is 0. The molecule has 0 spiro atoms. The summed E-state index contributed by atoms with van der Waals surface area (Å²) < 4.78 is 3.68. The molecule has 3 rings (SSSR count). The average Bonchev–Trinajstić information content (AvgIpc) is 2.67. The largest absolute Gasteiger partial charge is 0.384 e. The van der Waals surface area contributed by atoms with Gasteiger partial charge in [0.15, 0.2) is 5.01 Å². The summed E-state index contributed by atoms with van der Waals surface area (Å²) in [6, 6.07) is 5.94. The van der Waals surface area contributed by atoms with Crippen LogP contribution in [0.2, 0.25) is 0 Å². The molecular formula is C9H9N4S+. The van der Waals surface area contributed by atoms with Crippen LogP contribution in [0, 0.1) is 6.92 Å². The van der Waals surface area contributed by atoms with Crippen molar-refractivity contribution >= 4 is 27.5 Å². The first-order valence-electron chi connectivity index (χ1n) is 4.30. The molecule has 0 aromatic carbocycles. The Kier molecular flexibility index (Phi) is 1.36. The number of aromatic nitrogens is 3. The van der Waals surface area contributed by atoms with Crippen LogP contribution in [0.15, 0.2) is 24.4 Å². The van der Waals surface area contributed by atoms with Crippen molar-refractivity contribution < 1.29 is 4.68 Å². The van der Waals surface area contributed by atoms with Crippen LogP contribution < -0.4 is 10.5 Å². The monoisotopic (exact) mass is 205 g/mol. The number of pyridine rings is 1. The number of fused-ring (bicyclic) bond motifs is 3. The van der Waals surface area contributed by atoms with Crippen molar-refractivity contribution in [3.05, 3.63) is 29.4 Å². The van der Waals surface area contributed by atoms with Gasteiger partial charge in [-0.15, -0.1) is 4.68 Å². The van der Waals surface area contributed by atoms with E-state index in [1.807, 2.05) is 31.3 Å². The summed E-state index contributed by atoms with van der Waals surface area (Å²) in [5, 5.41) is 1.06. The maximum atomic E-state index is 5.85. The zero-order valence-corrected chi connectivity index (χ0v) is 8.45. The molecule has 0 amide bonds. The summed E-state index contributed by atoms with van der Waals surface area (Å²) in [6.07, 6.45) is 2.00. The smallest absolute Gasteiger partial charge is 0.268 e. The molecule has 0 aliphatic carbocycles. The summed E-state index contributed by atoms with van der Waals surface area (Å²) in [4.78, 5) is 5.54. The fraction of sp³-hybridized carbons (Fsp3) is 0.111. The maximum absolute atomic E-state index is 5.85. The summed E-state index contributed by atoms with van der Waals surface area (Å²) in [5.41, 5.74) is 1.78. The highest BCUT2D eigenvalue weighted by atomic mass is 32.1. The number of hydrogen-bond donors (Lipinski definition) is 1. The first-order chi connectivity index (χ1) is 6.77. The van der Waals surface area contributed by atoms with E-state index in [1.54, 1.807) is 16.0 Å². The van der Waals surface area contributed by atoms with Crippen LogP contribution in [-0.2, 0) is 0 Å². The second-order valence-electron chi connectivity index (χ2n) is 3.16. The van der Waals surface area contributed by atoms with Gasteiger partial charge in [0.25, 0.3) is 5.65 Å². The standard InChI is InChI=1S/C9H9N4S/c1-6-13(10)8-9(14-6)12-5-3-2-4-7(12)11-8/h2-5H,10H2,1H3/q+1. The van der Waals surface area contributed by atoms with E-state index in [4.69, 9.17) is 5.84 Å². The minimum Gasteiger partial charge on any atom is -0.268 e. The molecule has 5 heteroatoms. The van der Waals surface area contributed by atoms with Gasteiger partial charge in [0.1, 0.15) is 0 Å². The lowest BCUT2D eigenvalue weighted by Gasteiger charge is -1.85. The third-order valence-corrected chi connectivity index (χ3v) is 3.35. The number of hydrogen-bond acceptors (Lipinski definition) is 3. The maximum Gasteiger partial charge on any atom is 0.384 e. The molecule has 0 unspecified atom stereocenters. The average molecular weight is 205 g/mol. The van der Waals surface area contributed by atoms with Gasteiger partial charge in [0.05, 0.1) is 0 Å². The Bertz CT molecular complexity index is 622. The zero-order valence-electron chi connectivity index (χ0n) is 7.64. The van der Waals surface area contributed by atoms with Crippen molar-refractivity contribution in [1.82, 2.24) is 9.38 Å². The van der Waals surface area contributed by atoms with Crippen LogP contribution in [0.5, 0.6) is 0 Å². The molecule has 3 heterocycles. The highest BCUT2D eigenvalue weighted by molar-refractivity contribution is 7.17. The van der Waals surface area contributed by atoms with Gasteiger partial charge in [0.2, 0.25) is 4.83 Å². The Morgan fingerprint density at radius 2 is 2.36 bits per heavy atom. The second-order valence-corrected chi connectivity index (χ2v) is 4.34. The van der Waals surface area contributed by atoms with Crippen LogP contribution in [-0.4, -0.2) is 9.38 Å². The topological polar surface area (TPSA) is 47.2 Å². The lowest BCUT2D eigenvalue weighted by Crippen LogP contribution is -2.45. The van der Waals surface area contributed by atoms with E-state index in [-0.39, 0.29) is 0 Å². The lowest BCUT2D eigenvalue weighted by atomic mass is 10.5. The third kappa shape index (κ3) is 0.820. The highest BCUT2D eigenvalue weighted by Gasteiger charge is 2.20. The highest BCUT2D eigenvalue weighted by Crippen LogP contribution is 2.19. The second kappa shape index (κ2) is 2.45. The molecule has 4 nitrogen and oxygen atoms in total. The van der Waals surface area contributed by atoms with E-state index in [2.05, 4.69) is 9.38 Å². The van der Waals surface area contributed by atoms with Gasteiger partial charge in [-0.25, -0.2) is 0 Å². The number of aryl methyl sites for hydroxylation is 1. The molecule has 2 N–H and O–H groups in total. The molecule has 3 aromatic rings. The Balaban J connectivity index is 2.60. The molecule has 3 aromatic heterocycles. The molecule has 70 valence electrons. The van der Waals surface area contributed by atoms with Crippen molar-refractivity contribution in [2.24, 2.45) is 0 Å². The van der Waals surface area contributed by atoms with Gasteiger partial charge < -0.3 is 0 Å². The lowest BCUT2D eigenvalue weighted by molar-refractivity contribution is -0.615. The number of imidazole rings is 1. The molecule has 0 radical (unpaired) electrons. The summed E-state index contributed by atoms with van der Waals surface area (Å²) in [7, 11) is 0. The SMILES string of the molecule is Cc1sc2c(nc3ccccn32)[n+]1N. The van der Waals surface area contributed by atoms with Gasteiger partial charge >= 0.3 is 5.65 Å². The first kappa shape index (κ1) is 7.75. The van der Waals surface area contributed by atoms with Crippen LogP contribution in [0.3, 0.4) is 0 Å². The van der Waals surface area contributed by atoms with E-state index < -0.39 is 0 Å². The third-order valence-electron chi connectivity index (χ3n) is 2.28. The van der Waals surface area contributed by atoms with Crippen molar-refractivity contribution in [3.8, 4) is 0 Å². The Morgan fingerprint density at radius 1 is 1.50 bits per heavy atom. The molecule has 0 saturated heterocycles. The Morgan fingerprint density at radius 3 is 3.21 bits per heavy atom. The predicted molar refractivity (Wildman–Crippen MR) is 55.7 cm³/mol. The van der Waals surface area contributed by atoms with Crippen molar-refractivity contribution in [2.75, 3.05) is 5.84 Å². The molecule has 0 saturated carbocycles. The Labute approximate surface area is 84.2 Å². The number of nitrogens with two attached hydrogens (primary N) is 1. The fourth-order valence-corrected chi connectivity index (χ4v) is 2.50. The Hall–Kier alpha value is -1.62. The summed E-state index contributed by atoms with van der Waals surface area (Å²) >= 11 is 1.65. The molecular weight excluding hydrogens is 196 g/mol. The summed E-state index contributed by atoms with van der Waals surface area (Å²) in [5.74, 6) is 5.85. The van der Waals surface area contributed by atoms with Crippen molar-refractivity contribution in [1.29, 1.82) is 0 Å². The van der Waals surface area contributed by atoms with Crippen LogP contribution in [0.4, 0.5) is 0 Å². The molecule has 0 aliphatic heterocycles. The molecule has 0 fully saturated rings. The normalized spacial score (nSPS) is 11.5. The van der Waals surface area contributed by atoms with Gasteiger partial charge in [-0.1, -0.05) is 17.4 Å². The van der Waals surface area contributed by atoms with Gasteiger partial charge in [-0.2, -0.15) is 0 Å². The van der Waals surface area contributed by atoms with Gasteiger partial charge in [0, 0.05) is 19.2 Å². The van der Waals surface area contributed by atoms with E-state index in [1.165, 1.54) is 0 Å². The van der Waals surface area contributed by atoms with Gasteiger partial charge in [-0.3, -0.25) is 10.2 Å². The van der Waals surface area contributed by atoms with E-state index in [0.717, 1.165) is 21.1 Å². The number of nitrogens with zero attached hydrogens (tertiary/aromatic N) is 3. The number of nitrogen functional groups attached to an aromatic ring is 1. The van der Waals surface area contributed by atoms with Gasteiger partial charge in [-0.05, 0) is 11.1 Å². The molecule has 0 bridgehead atoms. The minimum absolute atomic E-state index is 0.846.